The molecule has 1 aromatic rings. The van der Waals surface area contributed by atoms with Crippen molar-refractivity contribution in [2.45, 2.75) is 24.8 Å². The summed E-state index contributed by atoms with van der Waals surface area (Å²) in [5.74, 6) is -2.27. The van der Waals surface area contributed by atoms with Gasteiger partial charge in [0.25, 0.3) is 0 Å². The van der Waals surface area contributed by atoms with E-state index in [9.17, 15) is 23.3 Å². The second-order valence-electron chi connectivity index (χ2n) is 4.29. The van der Waals surface area contributed by atoms with Crippen LogP contribution in [0.2, 0.25) is 0 Å². The van der Waals surface area contributed by atoms with E-state index in [1.54, 1.807) is 13.8 Å². The molecule has 10 heteroatoms. The van der Waals surface area contributed by atoms with Crippen molar-refractivity contribution >= 4 is 21.8 Å². The van der Waals surface area contributed by atoms with Crippen molar-refractivity contribution in [3.8, 4) is 0 Å². The van der Waals surface area contributed by atoms with Crippen LogP contribution in [0.25, 0.3) is 0 Å². The zero-order chi connectivity index (χ0) is 15.5. The van der Waals surface area contributed by atoms with Gasteiger partial charge >= 0.3 is 11.8 Å². The molecule has 20 heavy (non-hydrogen) atoms. The Balaban J connectivity index is 3.04. The molecule has 2 N–H and O–H groups in total. The summed E-state index contributed by atoms with van der Waals surface area (Å²) in [6.07, 6.45) is 0.805. The predicted octanol–water partition coefficient (Wildman–Crippen LogP) is 0.377. The van der Waals surface area contributed by atoms with Crippen molar-refractivity contribution in [2.24, 2.45) is 5.92 Å². The molecule has 0 bridgehead atoms. The summed E-state index contributed by atoms with van der Waals surface area (Å²) in [6.45, 7) is 3.10. The van der Waals surface area contributed by atoms with E-state index in [1.165, 1.54) is 0 Å². The third kappa shape index (κ3) is 3.71. The molecule has 1 aromatic heterocycles. The zero-order valence-electron chi connectivity index (χ0n) is 10.7. The lowest BCUT2D eigenvalue weighted by atomic mass is 10.1. The van der Waals surface area contributed by atoms with Crippen molar-refractivity contribution in [3.63, 3.8) is 0 Å². The maximum atomic E-state index is 11.9. The molecule has 9 nitrogen and oxygen atoms in total. The third-order valence-electron chi connectivity index (χ3n) is 2.43. The molecule has 0 fully saturated rings. The van der Waals surface area contributed by atoms with E-state index in [2.05, 4.69) is 4.98 Å². The fraction of sp³-hybridized carbons (Fsp3) is 0.400. The first-order chi connectivity index (χ1) is 9.15. The lowest BCUT2D eigenvalue weighted by molar-refractivity contribution is -0.389. The van der Waals surface area contributed by atoms with Crippen molar-refractivity contribution in [1.29, 1.82) is 0 Å². The summed E-state index contributed by atoms with van der Waals surface area (Å²) in [5.41, 5.74) is 0. The Kier molecular flexibility index (Phi) is 4.73. The average Bonchev–Trinajstić information content (AvgIpc) is 2.35. The van der Waals surface area contributed by atoms with Crippen molar-refractivity contribution < 1.29 is 23.2 Å². The standard InChI is InChI=1S/C10H13N3O6S/c1-6(2)9(10(14)15)12-20(18,19)7-3-4-8(11-5-7)13(16)17/h3-6,9,12H,1-2H3,(H,14,15). The molecule has 0 saturated heterocycles. The molecule has 110 valence electrons. The first kappa shape index (κ1) is 16.0. The number of carboxylic acid groups (broad SMARTS) is 1. The largest absolute Gasteiger partial charge is 0.480 e. The first-order valence-electron chi connectivity index (χ1n) is 5.50. The van der Waals surface area contributed by atoms with Crippen molar-refractivity contribution in [1.82, 2.24) is 9.71 Å². The van der Waals surface area contributed by atoms with Gasteiger partial charge in [0.1, 0.15) is 10.9 Å². The number of carbonyl (C=O) groups is 1. The van der Waals surface area contributed by atoms with Gasteiger partial charge in [0.2, 0.25) is 10.0 Å². The van der Waals surface area contributed by atoms with Gasteiger partial charge in [-0.1, -0.05) is 13.8 Å². The fourth-order valence-corrected chi connectivity index (χ4v) is 2.63. The summed E-state index contributed by atoms with van der Waals surface area (Å²) in [4.78, 5) is 23.7. The Bertz CT molecular complexity index is 610. The predicted molar refractivity (Wildman–Crippen MR) is 67.5 cm³/mol. The second-order valence-corrected chi connectivity index (χ2v) is 6.00. The highest BCUT2D eigenvalue weighted by Gasteiger charge is 2.29. The van der Waals surface area contributed by atoms with Crippen LogP contribution >= 0.6 is 0 Å². The molecule has 1 rings (SSSR count). The van der Waals surface area contributed by atoms with E-state index in [-0.39, 0.29) is 4.90 Å². The van der Waals surface area contributed by atoms with Crippen LogP contribution in [0.5, 0.6) is 0 Å². The van der Waals surface area contributed by atoms with Gasteiger partial charge in [-0.3, -0.25) is 4.79 Å². The summed E-state index contributed by atoms with van der Waals surface area (Å²) < 4.78 is 25.9. The lowest BCUT2D eigenvalue weighted by Crippen LogP contribution is -2.44. The van der Waals surface area contributed by atoms with E-state index < -0.39 is 38.7 Å². The van der Waals surface area contributed by atoms with Crippen molar-refractivity contribution in [3.05, 3.63) is 28.4 Å². The highest BCUT2D eigenvalue weighted by molar-refractivity contribution is 7.89. The van der Waals surface area contributed by atoms with E-state index in [1.807, 2.05) is 4.72 Å². The Morgan fingerprint density at radius 1 is 1.45 bits per heavy atom. The van der Waals surface area contributed by atoms with Crippen LogP contribution in [0.15, 0.2) is 23.2 Å². The highest BCUT2D eigenvalue weighted by atomic mass is 32.2. The second kappa shape index (κ2) is 5.92. The van der Waals surface area contributed by atoms with Crippen LogP contribution < -0.4 is 4.72 Å². The minimum Gasteiger partial charge on any atom is -0.480 e. The van der Waals surface area contributed by atoms with Gasteiger partial charge in [0.15, 0.2) is 6.20 Å². The molecule has 0 radical (unpaired) electrons. The number of sulfonamides is 1. The Labute approximate surface area is 114 Å². The van der Waals surface area contributed by atoms with E-state index in [0.29, 0.717) is 0 Å². The SMILES string of the molecule is CC(C)C(NS(=O)(=O)c1ccc([N+](=O)[O-])nc1)C(=O)O. The Hall–Kier alpha value is -2.07. The van der Waals surface area contributed by atoms with Crippen LogP contribution in [0.3, 0.4) is 0 Å². The number of nitrogens with one attached hydrogen (secondary N) is 1. The van der Waals surface area contributed by atoms with Gasteiger partial charge < -0.3 is 15.2 Å². The number of aliphatic carboxylic acids is 1. The first-order valence-corrected chi connectivity index (χ1v) is 6.99. The number of hydrogen-bond acceptors (Lipinski definition) is 6. The third-order valence-corrected chi connectivity index (χ3v) is 3.86. The molecule has 0 aliphatic carbocycles. The number of nitro groups is 1. The molecule has 0 spiro atoms. The molecule has 0 saturated carbocycles. The van der Waals surface area contributed by atoms with Crippen LogP contribution in [0, 0.1) is 16.0 Å². The summed E-state index contributed by atoms with van der Waals surface area (Å²) in [7, 11) is -4.11. The number of nitrogens with zero attached hydrogens (tertiary/aromatic N) is 2. The van der Waals surface area contributed by atoms with Gasteiger partial charge in [0, 0.05) is 6.07 Å². The van der Waals surface area contributed by atoms with Crippen LogP contribution in [-0.4, -0.2) is 35.4 Å². The minimum atomic E-state index is -4.11. The molecule has 0 aromatic carbocycles. The van der Waals surface area contributed by atoms with Crippen LogP contribution in [-0.2, 0) is 14.8 Å². The van der Waals surface area contributed by atoms with Gasteiger partial charge in [-0.2, -0.15) is 4.72 Å². The molecule has 0 aliphatic rings. The summed E-state index contributed by atoms with van der Waals surface area (Å²) in [6, 6.07) is 0.627. The maximum Gasteiger partial charge on any atom is 0.363 e. The van der Waals surface area contributed by atoms with Crippen LogP contribution in [0.4, 0.5) is 5.82 Å². The lowest BCUT2D eigenvalue weighted by Gasteiger charge is -2.17. The fourth-order valence-electron chi connectivity index (χ4n) is 1.35. The van der Waals surface area contributed by atoms with E-state index >= 15 is 0 Å². The van der Waals surface area contributed by atoms with E-state index in [0.717, 1.165) is 18.3 Å². The smallest absolute Gasteiger partial charge is 0.363 e. The maximum absolute atomic E-state index is 11.9. The Morgan fingerprint density at radius 2 is 2.05 bits per heavy atom. The number of carboxylic acids is 1. The minimum absolute atomic E-state index is 0.338. The average molecular weight is 303 g/mol. The normalized spacial score (nSPS) is 13.2. The van der Waals surface area contributed by atoms with Gasteiger partial charge in [-0.15, -0.1) is 0 Å². The zero-order valence-corrected chi connectivity index (χ0v) is 11.5. The van der Waals surface area contributed by atoms with Gasteiger partial charge in [-0.05, 0) is 21.9 Å². The molecule has 1 atom stereocenters. The van der Waals surface area contributed by atoms with Gasteiger partial charge in [0.05, 0.1) is 0 Å². The molecular formula is C10H13N3O6S. The van der Waals surface area contributed by atoms with E-state index in [4.69, 9.17) is 5.11 Å². The topological polar surface area (TPSA) is 140 Å². The quantitative estimate of drug-likeness (QED) is 0.571. The number of pyridine rings is 1. The van der Waals surface area contributed by atoms with Gasteiger partial charge in [-0.25, -0.2) is 8.42 Å². The molecule has 0 amide bonds. The molecule has 1 heterocycles. The highest BCUT2D eigenvalue weighted by Crippen LogP contribution is 2.14. The molecule has 0 aliphatic heterocycles. The Morgan fingerprint density at radius 3 is 2.40 bits per heavy atom. The number of aromatic nitrogens is 1. The molecular weight excluding hydrogens is 290 g/mol. The summed E-state index contributed by atoms with van der Waals surface area (Å²) >= 11 is 0. The number of hydrogen-bond donors (Lipinski definition) is 2. The van der Waals surface area contributed by atoms with Crippen LogP contribution in [0.1, 0.15) is 13.8 Å². The number of rotatable bonds is 6. The molecule has 1 unspecified atom stereocenters. The summed E-state index contributed by atoms with van der Waals surface area (Å²) in [5, 5.41) is 19.4. The van der Waals surface area contributed by atoms with Crippen molar-refractivity contribution in [2.75, 3.05) is 0 Å². The monoisotopic (exact) mass is 303 g/mol.